The first-order chi connectivity index (χ1) is 10.4. The fourth-order valence-corrected chi connectivity index (χ4v) is 3.37. The van der Waals surface area contributed by atoms with E-state index in [9.17, 15) is 14.7 Å². The minimum atomic E-state index is -0.240. The first kappa shape index (κ1) is 14.8. The maximum atomic E-state index is 12.4. The molecule has 1 N–H and O–H groups in total. The Bertz CT molecular complexity index is 688. The third-order valence-corrected chi connectivity index (χ3v) is 4.60. The third-order valence-electron chi connectivity index (χ3n) is 4.60. The zero-order valence-corrected chi connectivity index (χ0v) is 12.9. The zero-order chi connectivity index (χ0) is 16.0. The van der Waals surface area contributed by atoms with Gasteiger partial charge in [0.2, 0.25) is 0 Å². The maximum absolute atomic E-state index is 12.4. The minimum absolute atomic E-state index is 0.0173. The van der Waals surface area contributed by atoms with Gasteiger partial charge in [0.15, 0.2) is 11.6 Å². The lowest BCUT2D eigenvalue weighted by atomic mass is 9.78. The summed E-state index contributed by atoms with van der Waals surface area (Å²) in [4.78, 5) is 24.7. The van der Waals surface area contributed by atoms with Crippen molar-refractivity contribution in [1.82, 2.24) is 9.78 Å². The van der Waals surface area contributed by atoms with Gasteiger partial charge in [-0.2, -0.15) is 5.10 Å². The van der Waals surface area contributed by atoms with Crippen molar-refractivity contribution in [3.8, 4) is 0 Å². The second-order valence-electron chi connectivity index (χ2n) is 6.20. The fraction of sp³-hybridized carbons (Fsp3) is 0.471. The number of carbonyl (C=O) groups excluding carboxylic acids is 2. The number of ketones is 2. The van der Waals surface area contributed by atoms with Crippen LogP contribution in [0, 0.1) is 19.8 Å². The Morgan fingerprint density at radius 2 is 1.86 bits per heavy atom. The number of aromatic nitrogens is 2. The van der Waals surface area contributed by atoms with Crippen molar-refractivity contribution in [1.29, 1.82) is 0 Å². The van der Waals surface area contributed by atoms with Gasteiger partial charge in [0, 0.05) is 42.1 Å². The number of carbonyl (C=O) groups is 2. The molecular formula is C17H20N2O3. The van der Waals surface area contributed by atoms with Gasteiger partial charge in [0.05, 0.1) is 11.3 Å². The molecule has 1 heterocycles. The van der Waals surface area contributed by atoms with E-state index in [1.165, 1.54) is 0 Å². The molecule has 5 heteroatoms. The quantitative estimate of drug-likeness (QED) is 0.529. The summed E-state index contributed by atoms with van der Waals surface area (Å²) in [7, 11) is 0. The normalized spacial score (nSPS) is 22.1. The van der Waals surface area contributed by atoms with Gasteiger partial charge in [-0.05, 0) is 26.7 Å². The topological polar surface area (TPSA) is 72.2 Å². The first-order valence-electron chi connectivity index (χ1n) is 7.61. The lowest BCUT2D eigenvalue weighted by Gasteiger charge is -2.23. The molecule has 0 amide bonds. The predicted octanol–water partition coefficient (Wildman–Crippen LogP) is 2.84. The molecule has 1 aromatic rings. The van der Waals surface area contributed by atoms with Crippen molar-refractivity contribution in [2.45, 2.75) is 45.4 Å². The Morgan fingerprint density at radius 1 is 1.27 bits per heavy atom. The van der Waals surface area contributed by atoms with E-state index in [0.717, 1.165) is 29.8 Å². The van der Waals surface area contributed by atoms with Crippen LogP contribution in [0.3, 0.4) is 0 Å². The highest BCUT2D eigenvalue weighted by molar-refractivity contribution is 6.22. The fourth-order valence-electron chi connectivity index (χ4n) is 3.37. The summed E-state index contributed by atoms with van der Waals surface area (Å²) in [6.45, 7) is 7.50. The molecule has 2 saturated carbocycles. The van der Waals surface area contributed by atoms with Crippen molar-refractivity contribution in [2.24, 2.45) is 5.92 Å². The highest BCUT2D eigenvalue weighted by Gasteiger charge is 2.39. The van der Waals surface area contributed by atoms with E-state index in [1.807, 2.05) is 13.8 Å². The van der Waals surface area contributed by atoms with Gasteiger partial charge in [-0.25, -0.2) is 4.68 Å². The number of nitrogens with zero attached hydrogens (tertiary/aromatic N) is 2. The standard InChI is InChI=1S/C17H20N2O3/c1-4-19-10(3)15(9(2)18-19)12-7-13(20)16(14(21)8-12)17(22)11-5-6-11/h4,11-12,22H,1,5-8H2,2-3H3. The summed E-state index contributed by atoms with van der Waals surface area (Å²) in [6.07, 6.45) is 3.85. The van der Waals surface area contributed by atoms with Crippen LogP contribution < -0.4 is 0 Å². The molecule has 0 bridgehead atoms. The number of allylic oxidation sites excluding steroid dienone is 2. The predicted molar refractivity (Wildman–Crippen MR) is 82.5 cm³/mol. The lowest BCUT2D eigenvalue weighted by Crippen LogP contribution is -2.27. The van der Waals surface area contributed by atoms with E-state index in [2.05, 4.69) is 11.7 Å². The van der Waals surface area contributed by atoms with Crippen LogP contribution in [-0.2, 0) is 9.59 Å². The van der Waals surface area contributed by atoms with E-state index >= 15 is 0 Å². The Kier molecular flexibility index (Phi) is 3.51. The van der Waals surface area contributed by atoms with E-state index in [0.29, 0.717) is 0 Å². The van der Waals surface area contributed by atoms with Crippen molar-refractivity contribution in [2.75, 3.05) is 0 Å². The van der Waals surface area contributed by atoms with Gasteiger partial charge in [0.1, 0.15) is 5.76 Å². The molecule has 0 radical (unpaired) electrons. The maximum Gasteiger partial charge on any atom is 0.170 e. The summed E-state index contributed by atoms with van der Waals surface area (Å²) in [5.74, 6) is -0.605. The zero-order valence-electron chi connectivity index (χ0n) is 12.9. The molecule has 2 aliphatic rings. The second-order valence-corrected chi connectivity index (χ2v) is 6.20. The molecule has 3 rings (SSSR count). The molecule has 0 spiro atoms. The van der Waals surface area contributed by atoms with Crippen molar-refractivity contribution in [3.05, 3.63) is 34.9 Å². The highest BCUT2D eigenvalue weighted by Crippen LogP contribution is 2.41. The smallest absolute Gasteiger partial charge is 0.170 e. The number of aliphatic hydroxyl groups excluding tert-OH is 1. The molecule has 2 fully saturated rings. The molecule has 22 heavy (non-hydrogen) atoms. The molecule has 1 aromatic heterocycles. The number of hydrogen-bond donors (Lipinski definition) is 1. The highest BCUT2D eigenvalue weighted by atomic mass is 16.3. The SMILES string of the molecule is C=Cn1nc(C)c(C2CC(=O)C(=C(O)C3CC3)C(=O)C2)c1C. The largest absolute Gasteiger partial charge is 0.511 e. The van der Waals surface area contributed by atoms with Crippen molar-refractivity contribution in [3.63, 3.8) is 0 Å². The minimum Gasteiger partial charge on any atom is -0.511 e. The van der Waals surface area contributed by atoms with Gasteiger partial charge in [-0.1, -0.05) is 6.58 Å². The number of Topliss-reactive ketones (excluding diaryl/α,β-unsaturated/α-hetero) is 2. The van der Waals surface area contributed by atoms with Gasteiger partial charge in [-0.3, -0.25) is 9.59 Å². The Balaban J connectivity index is 1.93. The van der Waals surface area contributed by atoms with Crippen LogP contribution in [0.1, 0.15) is 48.6 Å². The van der Waals surface area contributed by atoms with Gasteiger partial charge < -0.3 is 5.11 Å². The number of aliphatic hydroxyl groups is 1. The Hall–Kier alpha value is -2.17. The van der Waals surface area contributed by atoms with Gasteiger partial charge in [0.25, 0.3) is 0 Å². The van der Waals surface area contributed by atoms with Crippen molar-refractivity contribution >= 4 is 17.8 Å². The number of aryl methyl sites for hydroxylation is 1. The number of hydrogen-bond acceptors (Lipinski definition) is 4. The average molecular weight is 300 g/mol. The van der Waals surface area contributed by atoms with Gasteiger partial charge in [-0.15, -0.1) is 0 Å². The van der Waals surface area contributed by atoms with Crippen LogP contribution in [0.2, 0.25) is 0 Å². The lowest BCUT2D eigenvalue weighted by molar-refractivity contribution is -0.124. The van der Waals surface area contributed by atoms with Crippen LogP contribution >= 0.6 is 0 Å². The van der Waals surface area contributed by atoms with Gasteiger partial charge >= 0.3 is 0 Å². The van der Waals surface area contributed by atoms with Crippen LogP contribution in [-0.4, -0.2) is 26.5 Å². The van der Waals surface area contributed by atoms with E-state index in [-0.39, 0.29) is 47.6 Å². The Labute approximate surface area is 129 Å². The molecule has 116 valence electrons. The van der Waals surface area contributed by atoms with E-state index < -0.39 is 0 Å². The molecule has 0 unspecified atom stereocenters. The summed E-state index contributed by atoms with van der Waals surface area (Å²) >= 11 is 0. The van der Waals surface area contributed by atoms with Crippen LogP contribution in [0.15, 0.2) is 17.9 Å². The molecule has 0 aliphatic heterocycles. The van der Waals surface area contributed by atoms with Crippen LogP contribution in [0.5, 0.6) is 0 Å². The molecule has 0 saturated heterocycles. The number of rotatable bonds is 3. The second kappa shape index (κ2) is 5.23. The summed E-state index contributed by atoms with van der Waals surface area (Å²) < 4.78 is 1.67. The molecule has 5 nitrogen and oxygen atoms in total. The summed E-state index contributed by atoms with van der Waals surface area (Å²) in [6, 6.07) is 0. The third kappa shape index (κ3) is 2.30. The van der Waals surface area contributed by atoms with Crippen LogP contribution in [0.4, 0.5) is 0 Å². The molecule has 2 aliphatic carbocycles. The van der Waals surface area contributed by atoms with Crippen LogP contribution in [0.25, 0.3) is 6.20 Å². The Morgan fingerprint density at radius 3 is 2.32 bits per heavy atom. The van der Waals surface area contributed by atoms with Crippen molar-refractivity contribution < 1.29 is 14.7 Å². The van der Waals surface area contributed by atoms with E-state index in [1.54, 1.807) is 10.9 Å². The first-order valence-corrected chi connectivity index (χ1v) is 7.61. The molecule has 0 aromatic carbocycles. The van der Waals surface area contributed by atoms with E-state index in [4.69, 9.17) is 0 Å². The summed E-state index contributed by atoms with van der Waals surface area (Å²) in [5.41, 5.74) is 2.73. The molecular weight excluding hydrogens is 280 g/mol. The average Bonchev–Trinajstić information content (AvgIpc) is 3.24. The monoisotopic (exact) mass is 300 g/mol. The summed E-state index contributed by atoms with van der Waals surface area (Å²) in [5, 5.41) is 14.4. The molecule has 0 atom stereocenters.